The molecule has 0 saturated carbocycles. The van der Waals surface area contributed by atoms with Gasteiger partial charge in [-0.2, -0.15) is 0 Å². The molecule has 2 bridgehead atoms. The summed E-state index contributed by atoms with van der Waals surface area (Å²) in [7, 11) is 0. The van der Waals surface area contributed by atoms with E-state index >= 15 is 0 Å². The number of carbonyl (C=O) groups excluding carboxylic acids is 1. The van der Waals surface area contributed by atoms with E-state index in [1.807, 2.05) is 11.0 Å². The zero-order valence-electron chi connectivity index (χ0n) is 9.93. The van der Waals surface area contributed by atoms with Crippen LogP contribution in [0.15, 0.2) is 22.7 Å². The van der Waals surface area contributed by atoms with E-state index in [1.54, 1.807) is 12.1 Å². The van der Waals surface area contributed by atoms with Crippen molar-refractivity contribution in [2.45, 2.75) is 25.0 Å². The van der Waals surface area contributed by atoms with Crippen LogP contribution >= 0.6 is 15.9 Å². The summed E-state index contributed by atoms with van der Waals surface area (Å²) < 4.78 is 6.43. The van der Waals surface area contributed by atoms with E-state index in [4.69, 9.17) is 10.5 Å². The third-order valence-electron chi connectivity index (χ3n) is 3.59. The number of ether oxygens (including phenoxy) is 1. The van der Waals surface area contributed by atoms with Crippen molar-refractivity contribution in [3.05, 3.63) is 28.2 Å². The van der Waals surface area contributed by atoms with Crippen LogP contribution in [0, 0.1) is 0 Å². The van der Waals surface area contributed by atoms with E-state index in [2.05, 4.69) is 15.9 Å². The first-order chi connectivity index (χ1) is 8.65. The van der Waals surface area contributed by atoms with Crippen molar-refractivity contribution in [1.29, 1.82) is 0 Å². The van der Waals surface area contributed by atoms with Gasteiger partial charge in [0.1, 0.15) is 0 Å². The maximum Gasteiger partial charge on any atom is 0.255 e. The van der Waals surface area contributed by atoms with E-state index in [9.17, 15) is 4.79 Å². The Hall–Kier alpha value is -1.07. The Morgan fingerprint density at radius 3 is 2.67 bits per heavy atom. The molecule has 1 amide bonds. The van der Waals surface area contributed by atoms with Gasteiger partial charge in [-0.25, -0.2) is 0 Å². The first-order valence-electron chi connectivity index (χ1n) is 6.14. The molecule has 96 valence electrons. The van der Waals surface area contributed by atoms with Gasteiger partial charge in [0.2, 0.25) is 0 Å². The number of nitrogen functional groups attached to an aromatic ring is 1. The Morgan fingerprint density at radius 2 is 2.00 bits per heavy atom. The summed E-state index contributed by atoms with van der Waals surface area (Å²) >= 11 is 3.39. The highest BCUT2D eigenvalue weighted by Gasteiger charge is 2.36. The quantitative estimate of drug-likeness (QED) is 0.808. The second-order valence-electron chi connectivity index (χ2n) is 4.88. The maximum atomic E-state index is 12.5. The summed E-state index contributed by atoms with van der Waals surface area (Å²) in [5.41, 5.74) is 7.04. The Bertz CT molecular complexity index is 480. The minimum absolute atomic E-state index is 0.0365. The topological polar surface area (TPSA) is 55.6 Å². The molecule has 2 fully saturated rings. The number of nitrogens with zero attached hydrogens (tertiary/aromatic N) is 1. The molecule has 3 rings (SSSR count). The van der Waals surface area contributed by atoms with Crippen LogP contribution in [0.5, 0.6) is 0 Å². The van der Waals surface area contributed by atoms with Gasteiger partial charge >= 0.3 is 0 Å². The number of benzene rings is 1. The molecular formula is C13H15BrN2O2. The molecule has 2 aliphatic heterocycles. The lowest BCUT2D eigenvalue weighted by Gasteiger charge is -2.32. The van der Waals surface area contributed by atoms with Crippen LogP contribution in [0.3, 0.4) is 0 Å². The van der Waals surface area contributed by atoms with Gasteiger partial charge in [-0.15, -0.1) is 0 Å². The summed E-state index contributed by atoms with van der Waals surface area (Å²) in [6, 6.07) is 5.40. The lowest BCUT2D eigenvalue weighted by molar-refractivity contribution is -0.0303. The lowest BCUT2D eigenvalue weighted by Crippen LogP contribution is -2.45. The Morgan fingerprint density at radius 1 is 1.33 bits per heavy atom. The second kappa shape index (κ2) is 4.55. The molecule has 1 aromatic carbocycles. The maximum absolute atomic E-state index is 12.5. The molecule has 5 heteroatoms. The van der Waals surface area contributed by atoms with Gasteiger partial charge in [0.15, 0.2) is 0 Å². The van der Waals surface area contributed by atoms with Gasteiger partial charge in [-0.05, 0) is 40.9 Å². The lowest BCUT2D eigenvalue weighted by atomic mass is 10.1. The van der Waals surface area contributed by atoms with Crippen LogP contribution in [0.25, 0.3) is 0 Å². The highest BCUT2D eigenvalue weighted by molar-refractivity contribution is 9.10. The van der Waals surface area contributed by atoms with Crippen LogP contribution in [-0.2, 0) is 4.74 Å². The zero-order chi connectivity index (χ0) is 12.7. The minimum atomic E-state index is 0.0365. The standard InChI is InChI=1S/C13H15BrN2O2/c14-12-10(2-1-3-11(12)15)13(17)16-6-8-4-5-9(7-16)18-8/h1-3,8-9H,4-7,15H2. The molecule has 2 heterocycles. The van der Waals surface area contributed by atoms with Crippen molar-refractivity contribution >= 4 is 27.5 Å². The van der Waals surface area contributed by atoms with E-state index < -0.39 is 0 Å². The number of nitrogens with two attached hydrogens (primary N) is 1. The molecule has 1 aromatic rings. The fourth-order valence-corrected chi connectivity index (χ4v) is 3.10. The van der Waals surface area contributed by atoms with Crippen molar-refractivity contribution in [2.75, 3.05) is 18.8 Å². The molecule has 0 radical (unpaired) electrons. The van der Waals surface area contributed by atoms with E-state index in [1.165, 1.54) is 0 Å². The summed E-state index contributed by atoms with van der Waals surface area (Å²) in [4.78, 5) is 14.4. The van der Waals surface area contributed by atoms with Gasteiger partial charge in [0, 0.05) is 18.8 Å². The number of likely N-dealkylation sites (tertiary alicyclic amines) is 1. The Balaban J connectivity index is 1.84. The molecule has 0 aliphatic carbocycles. The smallest absolute Gasteiger partial charge is 0.255 e. The normalized spacial score (nSPS) is 26.4. The average Bonchev–Trinajstić information content (AvgIpc) is 2.71. The number of hydrogen-bond acceptors (Lipinski definition) is 3. The number of fused-ring (bicyclic) bond motifs is 2. The van der Waals surface area contributed by atoms with Gasteiger partial charge < -0.3 is 15.4 Å². The first kappa shape index (κ1) is 12.0. The van der Waals surface area contributed by atoms with Gasteiger partial charge in [-0.3, -0.25) is 4.79 Å². The van der Waals surface area contributed by atoms with E-state index in [-0.39, 0.29) is 18.1 Å². The van der Waals surface area contributed by atoms with Crippen molar-refractivity contribution in [3.8, 4) is 0 Å². The predicted molar refractivity (Wildman–Crippen MR) is 72.4 cm³/mol. The SMILES string of the molecule is Nc1cccc(C(=O)N2CC3CCC(C2)O3)c1Br. The van der Waals surface area contributed by atoms with Crippen molar-refractivity contribution in [3.63, 3.8) is 0 Å². The summed E-state index contributed by atoms with van der Waals surface area (Å²) in [6.45, 7) is 1.38. The number of halogens is 1. The number of morpholine rings is 1. The number of hydrogen-bond donors (Lipinski definition) is 1. The van der Waals surface area contributed by atoms with Crippen LogP contribution < -0.4 is 5.73 Å². The molecule has 2 aliphatic rings. The minimum Gasteiger partial charge on any atom is -0.398 e. The zero-order valence-corrected chi connectivity index (χ0v) is 11.5. The van der Waals surface area contributed by atoms with Gasteiger partial charge in [0.25, 0.3) is 5.91 Å². The fourth-order valence-electron chi connectivity index (χ4n) is 2.67. The largest absolute Gasteiger partial charge is 0.398 e. The van der Waals surface area contributed by atoms with Crippen molar-refractivity contribution in [2.24, 2.45) is 0 Å². The highest BCUT2D eigenvalue weighted by Crippen LogP contribution is 2.29. The third-order valence-corrected chi connectivity index (χ3v) is 4.47. The Labute approximate surface area is 114 Å². The molecule has 2 unspecified atom stereocenters. The molecule has 2 atom stereocenters. The Kier molecular flexibility index (Phi) is 3.03. The third kappa shape index (κ3) is 2.01. The summed E-state index contributed by atoms with van der Waals surface area (Å²) in [5.74, 6) is 0.0365. The molecule has 0 spiro atoms. The molecule has 4 nitrogen and oxygen atoms in total. The summed E-state index contributed by atoms with van der Waals surface area (Å²) in [6.07, 6.45) is 2.55. The van der Waals surface area contributed by atoms with Crippen molar-refractivity contribution < 1.29 is 9.53 Å². The number of carbonyl (C=O) groups is 1. The number of rotatable bonds is 1. The van der Waals surface area contributed by atoms with Crippen LogP contribution in [0.4, 0.5) is 5.69 Å². The average molecular weight is 311 g/mol. The second-order valence-corrected chi connectivity index (χ2v) is 5.67. The number of anilines is 1. The predicted octanol–water partition coefficient (Wildman–Crippen LogP) is 2.03. The van der Waals surface area contributed by atoms with Crippen molar-refractivity contribution in [1.82, 2.24) is 4.90 Å². The van der Waals surface area contributed by atoms with Crippen LogP contribution in [-0.4, -0.2) is 36.1 Å². The number of amides is 1. The molecule has 18 heavy (non-hydrogen) atoms. The van der Waals surface area contributed by atoms with Gasteiger partial charge in [-0.1, -0.05) is 6.07 Å². The molecule has 2 N–H and O–H groups in total. The van der Waals surface area contributed by atoms with E-state index in [0.717, 1.165) is 12.8 Å². The monoisotopic (exact) mass is 310 g/mol. The molecule has 0 aromatic heterocycles. The molecule has 2 saturated heterocycles. The first-order valence-corrected chi connectivity index (χ1v) is 6.93. The van der Waals surface area contributed by atoms with E-state index in [0.29, 0.717) is 28.8 Å². The van der Waals surface area contributed by atoms with Crippen LogP contribution in [0.2, 0.25) is 0 Å². The molecular weight excluding hydrogens is 296 g/mol. The fraction of sp³-hybridized carbons (Fsp3) is 0.462. The highest BCUT2D eigenvalue weighted by atomic mass is 79.9. The van der Waals surface area contributed by atoms with Gasteiger partial charge in [0.05, 0.1) is 22.2 Å². The summed E-state index contributed by atoms with van der Waals surface area (Å²) in [5, 5.41) is 0. The van der Waals surface area contributed by atoms with Crippen LogP contribution in [0.1, 0.15) is 23.2 Å².